The maximum atomic E-state index is 13.5. The standard InChI is InChI=1S/C23H23F3N6O/c1-14-21(22(33)29-18-8-4-9-19(28-18)31-12-5-13-31)32-20(27-14)11-10-17(30-32)15-6-2-3-7-16(15)23(24,25)26/h2-4,6-11,17,19,28,30H,5,12-13H2,1H3,(H,29,33). The molecule has 3 N–H and O–H groups in total. The van der Waals surface area contributed by atoms with Crippen LogP contribution >= 0.6 is 0 Å². The van der Waals surface area contributed by atoms with Crippen molar-refractivity contribution in [3.05, 3.63) is 82.7 Å². The number of halogens is 3. The normalized spacial score (nSPS) is 22.0. The molecule has 0 spiro atoms. The lowest BCUT2D eigenvalue weighted by Gasteiger charge is -2.39. The number of carbonyl (C=O) groups is 1. The number of alkyl halides is 3. The van der Waals surface area contributed by atoms with Crippen LogP contribution in [0.25, 0.3) is 6.08 Å². The first-order valence-electron chi connectivity index (χ1n) is 10.7. The van der Waals surface area contributed by atoms with E-state index in [0.717, 1.165) is 25.6 Å². The molecule has 1 saturated heterocycles. The van der Waals surface area contributed by atoms with Gasteiger partial charge in [-0.25, -0.2) is 9.66 Å². The van der Waals surface area contributed by atoms with E-state index in [1.54, 1.807) is 31.2 Å². The summed E-state index contributed by atoms with van der Waals surface area (Å²) in [4.78, 5) is 19.8. The zero-order chi connectivity index (χ0) is 23.2. The van der Waals surface area contributed by atoms with Gasteiger partial charge < -0.3 is 16.1 Å². The molecule has 1 aromatic carbocycles. The van der Waals surface area contributed by atoms with Gasteiger partial charge in [0, 0.05) is 13.1 Å². The Morgan fingerprint density at radius 2 is 2.00 bits per heavy atom. The highest BCUT2D eigenvalue weighted by Crippen LogP contribution is 2.36. The summed E-state index contributed by atoms with van der Waals surface area (Å²) in [5.41, 5.74) is 3.08. The summed E-state index contributed by atoms with van der Waals surface area (Å²) in [6.45, 7) is 3.69. The fourth-order valence-electron chi connectivity index (χ4n) is 4.23. The second kappa shape index (κ2) is 8.11. The number of dihydropyridines is 1. The summed E-state index contributed by atoms with van der Waals surface area (Å²) in [6, 6.07) is 4.62. The van der Waals surface area contributed by atoms with Gasteiger partial charge in [0.1, 0.15) is 12.0 Å². The topological polar surface area (TPSA) is 74.2 Å². The number of aryl methyl sites for hydroxylation is 1. The molecule has 0 radical (unpaired) electrons. The van der Waals surface area contributed by atoms with Crippen molar-refractivity contribution in [2.24, 2.45) is 0 Å². The maximum Gasteiger partial charge on any atom is 0.416 e. The Morgan fingerprint density at radius 1 is 1.21 bits per heavy atom. The van der Waals surface area contributed by atoms with Gasteiger partial charge >= 0.3 is 6.18 Å². The number of rotatable bonds is 4. The minimum absolute atomic E-state index is 0.0174. The number of nitrogens with one attached hydrogen (secondary N) is 3. The molecule has 4 heterocycles. The predicted octanol–water partition coefficient (Wildman–Crippen LogP) is 3.28. The van der Waals surface area contributed by atoms with Crippen LogP contribution in [0.5, 0.6) is 0 Å². The van der Waals surface area contributed by atoms with Crippen LogP contribution in [0.3, 0.4) is 0 Å². The average molecular weight is 456 g/mol. The van der Waals surface area contributed by atoms with Crippen molar-refractivity contribution in [3.8, 4) is 0 Å². The first kappa shape index (κ1) is 21.3. The Bertz CT molecular complexity index is 1180. The number of likely N-dealkylation sites (tertiary alicyclic amines) is 1. The van der Waals surface area contributed by atoms with Crippen LogP contribution in [0.4, 0.5) is 13.2 Å². The minimum atomic E-state index is -4.49. The molecule has 3 aliphatic heterocycles. The Morgan fingerprint density at radius 3 is 2.73 bits per heavy atom. The van der Waals surface area contributed by atoms with E-state index in [-0.39, 0.29) is 17.4 Å². The van der Waals surface area contributed by atoms with Gasteiger partial charge in [-0.1, -0.05) is 30.4 Å². The molecular formula is C23H23F3N6O. The molecule has 3 aliphatic rings. The number of imidazole rings is 1. The van der Waals surface area contributed by atoms with Crippen molar-refractivity contribution in [1.29, 1.82) is 0 Å². The van der Waals surface area contributed by atoms with Gasteiger partial charge in [0.05, 0.1) is 17.3 Å². The zero-order valence-electron chi connectivity index (χ0n) is 17.9. The highest BCUT2D eigenvalue weighted by molar-refractivity contribution is 5.95. The maximum absolute atomic E-state index is 13.5. The van der Waals surface area contributed by atoms with E-state index in [4.69, 9.17) is 0 Å². The summed E-state index contributed by atoms with van der Waals surface area (Å²) in [5.74, 6) is 0.593. The van der Waals surface area contributed by atoms with E-state index in [9.17, 15) is 18.0 Å². The van der Waals surface area contributed by atoms with E-state index >= 15 is 0 Å². The zero-order valence-corrected chi connectivity index (χ0v) is 17.9. The Hall–Kier alpha value is -3.53. The summed E-state index contributed by atoms with van der Waals surface area (Å²) in [6.07, 6.45) is 5.60. The third-order valence-corrected chi connectivity index (χ3v) is 5.99. The third-order valence-electron chi connectivity index (χ3n) is 5.99. The molecule has 5 rings (SSSR count). The molecule has 33 heavy (non-hydrogen) atoms. The predicted molar refractivity (Wildman–Crippen MR) is 117 cm³/mol. The first-order chi connectivity index (χ1) is 15.8. The van der Waals surface area contributed by atoms with E-state index in [1.807, 2.05) is 12.2 Å². The van der Waals surface area contributed by atoms with Gasteiger partial charge in [-0.15, -0.1) is 0 Å². The van der Waals surface area contributed by atoms with E-state index in [0.29, 0.717) is 17.3 Å². The van der Waals surface area contributed by atoms with Crippen LogP contribution < -0.4 is 16.1 Å². The fraction of sp³-hybridized carbons (Fsp3) is 0.304. The number of benzene rings is 1. The summed E-state index contributed by atoms with van der Waals surface area (Å²) in [5, 5.41) is 6.15. The van der Waals surface area contributed by atoms with Crippen LogP contribution in [-0.2, 0) is 6.18 Å². The van der Waals surface area contributed by atoms with Gasteiger partial charge in [-0.3, -0.25) is 9.69 Å². The third kappa shape index (κ3) is 4.02. The quantitative estimate of drug-likeness (QED) is 0.659. The van der Waals surface area contributed by atoms with Crippen molar-refractivity contribution >= 4 is 12.0 Å². The fourth-order valence-corrected chi connectivity index (χ4v) is 4.23. The Balaban J connectivity index is 1.38. The lowest BCUT2D eigenvalue weighted by molar-refractivity contribution is -0.138. The first-order valence-corrected chi connectivity index (χ1v) is 10.7. The number of nitrogens with zero attached hydrogens (tertiary/aromatic N) is 3. The Labute approximate surface area is 188 Å². The highest BCUT2D eigenvalue weighted by atomic mass is 19.4. The molecule has 0 saturated carbocycles. The smallest absolute Gasteiger partial charge is 0.353 e. The lowest BCUT2D eigenvalue weighted by Crippen LogP contribution is -2.53. The minimum Gasteiger partial charge on any atom is -0.353 e. The van der Waals surface area contributed by atoms with Crippen LogP contribution in [0.1, 0.15) is 45.6 Å². The molecular weight excluding hydrogens is 433 g/mol. The largest absolute Gasteiger partial charge is 0.416 e. The molecule has 2 atom stereocenters. The van der Waals surface area contributed by atoms with Crippen molar-refractivity contribution in [1.82, 2.24) is 25.2 Å². The summed E-state index contributed by atoms with van der Waals surface area (Å²) < 4.78 is 42.0. The van der Waals surface area contributed by atoms with Gasteiger partial charge in [-0.2, -0.15) is 13.2 Å². The van der Waals surface area contributed by atoms with Crippen LogP contribution in [-0.4, -0.2) is 39.7 Å². The molecule has 10 heteroatoms. The van der Waals surface area contributed by atoms with Crippen LogP contribution in [0.2, 0.25) is 0 Å². The van der Waals surface area contributed by atoms with Crippen LogP contribution in [0.15, 0.2) is 54.4 Å². The van der Waals surface area contributed by atoms with Crippen LogP contribution in [0, 0.1) is 6.92 Å². The monoisotopic (exact) mass is 456 g/mol. The van der Waals surface area contributed by atoms with Gasteiger partial charge in [-0.05, 0) is 43.2 Å². The van der Waals surface area contributed by atoms with Gasteiger partial charge in [0.2, 0.25) is 0 Å². The average Bonchev–Trinajstić information content (AvgIpc) is 3.07. The number of carbonyl (C=O) groups excluding carboxylic acids is 1. The lowest BCUT2D eigenvalue weighted by atomic mass is 9.99. The number of amides is 1. The SMILES string of the molecule is Cc1nc2n(c1C(=O)NC1=CC=CC(N3CCC3)N1)NC(c1ccccc1C(F)(F)F)C=C2. The molecule has 1 fully saturated rings. The molecule has 1 amide bonds. The molecule has 7 nitrogen and oxygen atoms in total. The summed E-state index contributed by atoms with van der Waals surface area (Å²) in [7, 11) is 0. The summed E-state index contributed by atoms with van der Waals surface area (Å²) >= 11 is 0. The molecule has 1 aromatic heterocycles. The molecule has 172 valence electrons. The van der Waals surface area contributed by atoms with E-state index in [2.05, 4.69) is 25.9 Å². The molecule has 2 unspecified atom stereocenters. The molecule has 0 aliphatic carbocycles. The van der Waals surface area contributed by atoms with Crippen molar-refractivity contribution in [2.75, 3.05) is 18.5 Å². The number of aromatic nitrogens is 2. The number of hydrogen-bond donors (Lipinski definition) is 3. The Kier molecular flexibility index (Phi) is 5.24. The van der Waals surface area contributed by atoms with Crippen molar-refractivity contribution < 1.29 is 18.0 Å². The molecule has 0 bridgehead atoms. The van der Waals surface area contributed by atoms with Crippen molar-refractivity contribution in [2.45, 2.75) is 31.7 Å². The number of fused-ring (bicyclic) bond motifs is 1. The van der Waals surface area contributed by atoms with Gasteiger partial charge in [0.25, 0.3) is 5.91 Å². The van der Waals surface area contributed by atoms with E-state index < -0.39 is 23.7 Å². The number of hydrogen-bond acceptors (Lipinski definition) is 5. The second-order valence-electron chi connectivity index (χ2n) is 8.19. The second-order valence-corrected chi connectivity index (χ2v) is 8.19. The van der Waals surface area contributed by atoms with Crippen molar-refractivity contribution in [3.63, 3.8) is 0 Å². The number of allylic oxidation sites excluding steroid dienone is 2. The van der Waals surface area contributed by atoms with Gasteiger partial charge in [0.15, 0.2) is 11.5 Å². The highest BCUT2D eigenvalue weighted by Gasteiger charge is 2.36. The molecule has 2 aromatic rings. The van der Waals surface area contributed by atoms with E-state index in [1.165, 1.54) is 16.8 Å².